The zero-order valence-electron chi connectivity index (χ0n) is 19.9. The van der Waals surface area contributed by atoms with Gasteiger partial charge in [-0.2, -0.15) is 0 Å². The molecule has 0 aliphatic carbocycles. The van der Waals surface area contributed by atoms with E-state index in [-0.39, 0.29) is 0 Å². The molecule has 38 heavy (non-hydrogen) atoms. The van der Waals surface area contributed by atoms with E-state index in [1.165, 1.54) is 56.4 Å². The Morgan fingerprint density at radius 2 is 1.34 bits per heavy atom. The van der Waals surface area contributed by atoms with Crippen LogP contribution in [0.25, 0.3) is 85.8 Å². The summed E-state index contributed by atoms with van der Waals surface area (Å²) in [6.07, 6.45) is 1.77. The van der Waals surface area contributed by atoms with Crippen LogP contribution >= 0.6 is 33.9 Å². The van der Waals surface area contributed by atoms with Crippen molar-refractivity contribution in [2.75, 3.05) is 0 Å². The van der Waals surface area contributed by atoms with E-state index in [0.29, 0.717) is 0 Å². The third-order valence-corrected chi connectivity index (χ3v) is 10.1. The zero-order valence-corrected chi connectivity index (χ0v) is 22.9. The smallest absolute Gasteiger partial charge is 0.136 e. The average Bonchev–Trinajstić information content (AvgIpc) is 3.66. The molecule has 0 N–H and O–H groups in total. The Morgan fingerprint density at radius 1 is 0.553 bits per heavy atom. The number of furan rings is 2. The van der Waals surface area contributed by atoms with Gasteiger partial charge in [-0.3, -0.25) is 0 Å². The fourth-order valence-corrected chi connectivity index (χ4v) is 8.33. The standard InChI is InChI=1S/C34H17IO2S/c35-33-27-17-29-18(12-13-36-29)14-23(27)24-16-30-25(19-6-1-3-10-28(19)37-30)15-26(24)32(33)22-9-5-8-21-20-7-2-4-11-31(20)38-34(21)22/h1-17H. The second-order valence-corrected chi connectivity index (χ2v) is 11.9. The molecule has 0 aliphatic rings. The number of rotatable bonds is 1. The van der Waals surface area contributed by atoms with Crippen LogP contribution in [0, 0.1) is 3.57 Å². The number of hydrogen-bond acceptors (Lipinski definition) is 3. The van der Waals surface area contributed by atoms with Crippen molar-refractivity contribution < 1.29 is 8.83 Å². The molecule has 3 heterocycles. The fraction of sp³-hybridized carbons (Fsp3) is 0. The van der Waals surface area contributed by atoms with Gasteiger partial charge in [0, 0.05) is 56.4 Å². The predicted molar refractivity (Wildman–Crippen MR) is 170 cm³/mol. The van der Waals surface area contributed by atoms with E-state index in [2.05, 4.69) is 108 Å². The molecule has 0 fully saturated rings. The number of thiophene rings is 1. The third-order valence-electron chi connectivity index (χ3n) is 7.80. The first-order valence-corrected chi connectivity index (χ1v) is 14.4. The lowest BCUT2D eigenvalue weighted by molar-refractivity contribution is 0.616. The minimum absolute atomic E-state index is 0.908. The lowest BCUT2D eigenvalue weighted by atomic mass is 9.91. The Balaban J connectivity index is 1.53. The van der Waals surface area contributed by atoms with E-state index in [1.807, 2.05) is 23.5 Å². The van der Waals surface area contributed by atoms with Gasteiger partial charge in [-0.15, -0.1) is 11.3 Å². The molecule has 0 aliphatic heterocycles. The number of benzene rings is 6. The predicted octanol–water partition coefficient (Wildman–Crippen LogP) is 11.3. The van der Waals surface area contributed by atoms with Crippen molar-refractivity contribution in [2.45, 2.75) is 0 Å². The van der Waals surface area contributed by atoms with Crippen molar-refractivity contribution in [2.24, 2.45) is 0 Å². The molecule has 0 saturated heterocycles. The summed E-state index contributed by atoms with van der Waals surface area (Å²) >= 11 is 4.43. The van der Waals surface area contributed by atoms with Gasteiger partial charge in [0.2, 0.25) is 0 Å². The number of para-hydroxylation sites is 1. The lowest BCUT2D eigenvalue weighted by Gasteiger charge is -2.15. The SMILES string of the molecule is Ic1c(-c2cccc3c2sc2ccccc23)c2cc3c(cc2c2cc4ccoc4cc12)oc1ccccc13. The summed E-state index contributed by atoms with van der Waals surface area (Å²) in [6, 6.07) is 34.9. The van der Waals surface area contributed by atoms with Gasteiger partial charge in [0.25, 0.3) is 0 Å². The highest BCUT2D eigenvalue weighted by Crippen LogP contribution is 2.47. The van der Waals surface area contributed by atoms with E-state index in [9.17, 15) is 0 Å². The molecular formula is C34H17IO2S. The van der Waals surface area contributed by atoms with Crippen LogP contribution in [0.4, 0.5) is 0 Å². The molecular weight excluding hydrogens is 599 g/mol. The first-order chi connectivity index (χ1) is 18.7. The summed E-state index contributed by atoms with van der Waals surface area (Å²) in [6.45, 7) is 0. The van der Waals surface area contributed by atoms with E-state index in [1.54, 1.807) is 6.26 Å². The molecule has 0 bridgehead atoms. The molecule has 9 rings (SSSR count). The van der Waals surface area contributed by atoms with Crippen LogP contribution in [0.15, 0.2) is 112 Å². The average molecular weight is 616 g/mol. The summed E-state index contributed by atoms with van der Waals surface area (Å²) in [5.74, 6) is 0. The number of fused-ring (bicyclic) bond motifs is 10. The van der Waals surface area contributed by atoms with E-state index in [0.717, 1.165) is 32.9 Å². The number of hydrogen-bond donors (Lipinski definition) is 0. The maximum absolute atomic E-state index is 6.35. The molecule has 0 radical (unpaired) electrons. The lowest BCUT2D eigenvalue weighted by Crippen LogP contribution is -1.91. The van der Waals surface area contributed by atoms with Gasteiger partial charge in [-0.05, 0) is 81.2 Å². The molecule has 178 valence electrons. The second kappa shape index (κ2) is 7.59. The van der Waals surface area contributed by atoms with E-state index < -0.39 is 0 Å². The molecule has 0 spiro atoms. The Hall–Kier alpha value is -3.87. The Labute approximate surface area is 234 Å². The van der Waals surface area contributed by atoms with Gasteiger partial charge in [-0.25, -0.2) is 0 Å². The highest BCUT2D eigenvalue weighted by molar-refractivity contribution is 14.1. The van der Waals surface area contributed by atoms with Gasteiger partial charge in [0.1, 0.15) is 16.7 Å². The van der Waals surface area contributed by atoms with Crippen LogP contribution < -0.4 is 0 Å². The number of halogens is 1. The second-order valence-electron chi connectivity index (χ2n) is 9.82. The minimum atomic E-state index is 0.908. The molecule has 4 heteroatoms. The molecule has 0 atom stereocenters. The Morgan fingerprint density at radius 3 is 2.29 bits per heavy atom. The van der Waals surface area contributed by atoms with Gasteiger partial charge in [0.15, 0.2) is 0 Å². The summed E-state index contributed by atoms with van der Waals surface area (Å²) in [4.78, 5) is 0. The zero-order chi connectivity index (χ0) is 25.0. The van der Waals surface area contributed by atoms with E-state index >= 15 is 0 Å². The van der Waals surface area contributed by atoms with Crippen molar-refractivity contribution >= 4 is 109 Å². The quantitative estimate of drug-likeness (QED) is 0.136. The largest absolute Gasteiger partial charge is 0.464 e. The molecule has 3 aromatic heterocycles. The topological polar surface area (TPSA) is 26.3 Å². The van der Waals surface area contributed by atoms with E-state index in [4.69, 9.17) is 8.83 Å². The van der Waals surface area contributed by atoms with Gasteiger partial charge < -0.3 is 8.83 Å². The van der Waals surface area contributed by atoms with Gasteiger partial charge in [0.05, 0.1) is 6.26 Å². The van der Waals surface area contributed by atoms with Crippen LogP contribution in [0.2, 0.25) is 0 Å². The maximum atomic E-state index is 6.35. The Kier molecular flexibility index (Phi) is 4.22. The fourth-order valence-electron chi connectivity index (χ4n) is 6.08. The first-order valence-electron chi connectivity index (χ1n) is 12.5. The van der Waals surface area contributed by atoms with Crippen LogP contribution in [0.5, 0.6) is 0 Å². The van der Waals surface area contributed by atoms with Crippen molar-refractivity contribution in [3.8, 4) is 11.1 Å². The van der Waals surface area contributed by atoms with Crippen LogP contribution in [-0.4, -0.2) is 0 Å². The summed E-state index contributed by atoms with van der Waals surface area (Å²) < 4.78 is 16.1. The van der Waals surface area contributed by atoms with Crippen LogP contribution in [0.3, 0.4) is 0 Å². The summed E-state index contributed by atoms with van der Waals surface area (Å²) in [5, 5.41) is 10.9. The van der Waals surface area contributed by atoms with Gasteiger partial charge in [-0.1, -0.05) is 54.6 Å². The molecule has 0 amide bonds. The van der Waals surface area contributed by atoms with Gasteiger partial charge >= 0.3 is 0 Å². The minimum Gasteiger partial charge on any atom is -0.464 e. The molecule has 0 unspecified atom stereocenters. The molecule has 2 nitrogen and oxygen atoms in total. The van der Waals surface area contributed by atoms with Crippen molar-refractivity contribution in [1.29, 1.82) is 0 Å². The summed E-state index contributed by atoms with van der Waals surface area (Å²) in [5.41, 5.74) is 5.28. The maximum Gasteiger partial charge on any atom is 0.136 e. The van der Waals surface area contributed by atoms with Crippen LogP contribution in [-0.2, 0) is 0 Å². The molecule has 0 saturated carbocycles. The highest BCUT2D eigenvalue weighted by Gasteiger charge is 2.21. The Bertz CT molecular complexity index is 2420. The molecule has 6 aromatic carbocycles. The van der Waals surface area contributed by atoms with Crippen molar-refractivity contribution in [3.63, 3.8) is 0 Å². The van der Waals surface area contributed by atoms with Crippen LogP contribution in [0.1, 0.15) is 0 Å². The highest BCUT2D eigenvalue weighted by atomic mass is 127. The summed E-state index contributed by atoms with van der Waals surface area (Å²) in [7, 11) is 0. The van der Waals surface area contributed by atoms with Crippen molar-refractivity contribution in [3.05, 3.63) is 107 Å². The third kappa shape index (κ3) is 2.76. The molecule has 9 aromatic rings. The monoisotopic (exact) mass is 616 g/mol. The normalized spacial score (nSPS) is 12.3. The first kappa shape index (κ1) is 21.1. The van der Waals surface area contributed by atoms with Crippen molar-refractivity contribution in [1.82, 2.24) is 0 Å².